The molecular formula is C12H13BrF3NO2. The van der Waals surface area contributed by atoms with Crippen LogP contribution < -0.4 is 5.32 Å². The Morgan fingerprint density at radius 3 is 2.58 bits per heavy atom. The Morgan fingerprint density at radius 1 is 1.42 bits per heavy atom. The fourth-order valence-electron chi connectivity index (χ4n) is 1.38. The van der Waals surface area contributed by atoms with Gasteiger partial charge in [-0.25, -0.2) is 0 Å². The van der Waals surface area contributed by atoms with Crippen LogP contribution in [-0.4, -0.2) is 18.6 Å². The van der Waals surface area contributed by atoms with Crippen molar-refractivity contribution in [3.05, 3.63) is 28.2 Å². The first kappa shape index (κ1) is 15.8. The number of ether oxygens (including phenoxy) is 1. The van der Waals surface area contributed by atoms with E-state index >= 15 is 0 Å². The van der Waals surface area contributed by atoms with Gasteiger partial charge < -0.3 is 10.1 Å². The van der Waals surface area contributed by atoms with Crippen molar-refractivity contribution in [3.63, 3.8) is 0 Å². The molecule has 0 bridgehead atoms. The number of benzene rings is 1. The van der Waals surface area contributed by atoms with E-state index in [1.54, 1.807) is 13.8 Å². The largest absolute Gasteiger partial charge is 0.462 e. The summed E-state index contributed by atoms with van der Waals surface area (Å²) in [5.41, 5.74) is -0.990. The second kappa shape index (κ2) is 6.27. The first-order valence-corrected chi connectivity index (χ1v) is 6.29. The molecule has 0 heterocycles. The van der Waals surface area contributed by atoms with E-state index in [0.29, 0.717) is 4.47 Å². The van der Waals surface area contributed by atoms with Gasteiger partial charge >= 0.3 is 12.1 Å². The minimum atomic E-state index is -4.49. The smallest absolute Gasteiger partial charge is 0.418 e. The third-order valence-corrected chi connectivity index (χ3v) is 2.57. The Hall–Kier alpha value is -1.24. The molecule has 0 saturated carbocycles. The monoisotopic (exact) mass is 339 g/mol. The SMILES string of the molecule is CC(C)OC(=O)CNc1ccc(Br)cc1C(F)(F)F. The van der Waals surface area contributed by atoms with Crippen LogP contribution in [0.1, 0.15) is 19.4 Å². The number of esters is 1. The van der Waals surface area contributed by atoms with Gasteiger partial charge in [-0.3, -0.25) is 4.79 Å². The maximum absolute atomic E-state index is 12.8. The van der Waals surface area contributed by atoms with E-state index in [9.17, 15) is 18.0 Å². The molecule has 0 aromatic heterocycles. The molecule has 106 valence electrons. The van der Waals surface area contributed by atoms with Crippen LogP contribution in [0.4, 0.5) is 18.9 Å². The number of alkyl halides is 3. The number of nitrogens with one attached hydrogen (secondary N) is 1. The van der Waals surface area contributed by atoms with Crippen molar-refractivity contribution in [1.82, 2.24) is 0 Å². The predicted octanol–water partition coefficient (Wildman–Crippen LogP) is 3.83. The van der Waals surface area contributed by atoms with Gasteiger partial charge in [-0.2, -0.15) is 13.2 Å². The third-order valence-electron chi connectivity index (χ3n) is 2.08. The average Bonchev–Trinajstić information content (AvgIpc) is 2.25. The molecular weight excluding hydrogens is 327 g/mol. The van der Waals surface area contributed by atoms with Crippen molar-refractivity contribution in [2.45, 2.75) is 26.1 Å². The van der Waals surface area contributed by atoms with Crippen LogP contribution in [0.2, 0.25) is 0 Å². The molecule has 0 aliphatic rings. The molecule has 0 atom stereocenters. The topological polar surface area (TPSA) is 38.3 Å². The molecule has 0 radical (unpaired) electrons. The lowest BCUT2D eigenvalue weighted by Gasteiger charge is -2.15. The summed E-state index contributed by atoms with van der Waals surface area (Å²) in [6.45, 7) is 3.01. The first-order valence-electron chi connectivity index (χ1n) is 5.50. The zero-order chi connectivity index (χ0) is 14.6. The number of anilines is 1. The normalized spacial score (nSPS) is 11.5. The van der Waals surface area contributed by atoms with E-state index in [4.69, 9.17) is 4.74 Å². The molecule has 0 aliphatic heterocycles. The van der Waals surface area contributed by atoms with E-state index in [1.807, 2.05) is 0 Å². The fraction of sp³-hybridized carbons (Fsp3) is 0.417. The van der Waals surface area contributed by atoms with E-state index in [1.165, 1.54) is 12.1 Å². The second-order valence-corrected chi connectivity index (χ2v) is 5.00. The zero-order valence-electron chi connectivity index (χ0n) is 10.3. The number of carbonyl (C=O) groups is 1. The molecule has 0 saturated heterocycles. The summed E-state index contributed by atoms with van der Waals surface area (Å²) >= 11 is 2.98. The molecule has 3 nitrogen and oxygen atoms in total. The average molecular weight is 340 g/mol. The summed E-state index contributed by atoms with van der Waals surface area (Å²) in [6.07, 6.45) is -4.80. The Kier molecular flexibility index (Phi) is 5.22. The zero-order valence-corrected chi connectivity index (χ0v) is 11.9. The quantitative estimate of drug-likeness (QED) is 0.847. The van der Waals surface area contributed by atoms with Crippen LogP contribution in [0.25, 0.3) is 0 Å². The van der Waals surface area contributed by atoms with Crippen molar-refractivity contribution >= 4 is 27.6 Å². The van der Waals surface area contributed by atoms with Crippen molar-refractivity contribution in [3.8, 4) is 0 Å². The lowest BCUT2D eigenvalue weighted by Crippen LogP contribution is -2.21. The van der Waals surface area contributed by atoms with Gasteiger partial charge in [0.2, 0.25) is 0 Å². The fourth-order valence-corrected chi connectivity index (χ4v) is 1.74. The van der Waals surface area contributed by atoms with Gasteiger partial charge in [0.1, 0.15) is 6.54 Å². The van der Waals surface area contributed by atoms with Gasteiger partial charge in [0.15, 0.2) is 0 Å². The van der Waals surface area contributed by atoms with E-state index in [-0.39, 0.29) is 18.3 Å². The Morgan fingerprint density at radius 2 is 2.05 bits per heavy atom. The molecule has 0 unspecified atom stereocenters. The molecule has 1 N–H and O–H groups in total. The van der Waals surface area contributed by atoms with Crippen LogP contribution >= 0.6 is 15.9 Å². The molecule has 1 rings (SSSR count). The first-order chi connectivity index (χ1) is 8.70. The Labute approximate surface area is 117 Å². The van der Waals surface area contributed by atoms with Crippen LogP contribution in [-0.2, 0) is 15.7 Å². The van der Waals surface area contributed by atoms with Gasteiger partial charge in [0, 0.05) is 10.2 Å². The van der Waals surface area contributed by atoms with E-state index < -0.39 is 17.7 Å². The summed E-state index contributed by atoms with van der Waals surface area (Å²) in [6, 6.07) is 3.68. The van der Waals surface area contributed by atoms with Gasteiger partial charge in [0.25, 0.3) is 0 Å². The minimum absolute atomic E-state index is 0.156. The lowest BCUT2D eigenvalue weighted by molar-refractivity contribution is -0.145. The summed E-state index contributed by atoms with van der Waals surface area (Å²) in [4.78, 5) is 11.3. The summed E-state index contributed by atoms with van der Waals surface area (Å²) in [5.74, 6) is -0.606. The number of rotatable bonds is 4. The molecule has 0 spiro atoms. The van der Waals surface area contributed by atoms with E-state index in [0.717, 1.165) is 6.07 Å². The summed E-state index contributed by atoms with van der Waals surface area (Å²) in [7, 11) is 0. The number of carbonyl (C=O) groups excluding carboxylic acids is 1. The third kappa shape index (κ3) is 5.10. The lowest BCUT2D eigenvalue weighted by atomic mass is 10.1. The van der Waals surface area contributed by atoms with Crippen molar-refractivity contribution in [2.24, 2.45) is 0 Å². The molecule has 0 amide bonds. The Balaban J connectivity index is 2.81. The highest BCUT2D eigenvalue weighted by atomic mass is 79.9. The van der Waals surface area contributed by atoms with Crippen LogP contribution in [0.5, 0.6) is 0 Å². The molecule has 19 heavy (non-hydrogen) atoms. The summed E-state index contributed by atoms with van der Waals surface area (Å²) < 4.78 is 43.5. The highest BCUT2D eigenvalue weighted by Crippen LogP contribution is 2.36. The minimum Gasteiger partial charge on any atom is -0.462 e. The van der Waals surface area contributed by atoms with Crippen molar-refractivity contribution in [2.75, 3.05) is 11.9 Å². The molecule has 1 aromatic rings. The van der Waals surface area contributed by atoms with Gasteiger partial charge in [0.05, 0.1) is 11.7 Å². The van der Waals surface area contributed by atoms with Gasteiger partial charge in [-0.15, -0.1) is 0 Å². The molecule has 0 fully saturated rings. The highest BCUT2D eigenvalue weighted by molar-refractivity contribution is 9.10. The highest BCUT2D eigenvalue weighted by Gasteiger charge is 2.33. The van der Waals surface area contributed by atoms with Gasteiger partial charge in [-0.05, 0) is 32.0 Å². The standard InChI is InChI=1S/C12H13BrF3NO2/c1-7(2)19-11(18)6-17-10-4-3-8(13)5-9(10)12(14,15)16/h3-5,7,17H,6H2,1-2H3. The van der Waals surface area contributed by atoms with Crippen LogP contribution in [0.3, 0.4) is 0 Å². The predicted molar refractivity (Wildman–Crippen MR) is 68.9 cm³/mol. The number of halogens is 4. The molecule has 0 aliphatic carbocycles. The van der Waals surface area contributed by atoms with E-state index in [2.05, 4.69) is 21.2 Å². The second-order valence-electron chi connectivity index (χ2n) is 4.08. The molecule has 1 aromatic carbocycles. The number of hydrogen-bond donors (Lipinski definition) is 1. The maximum Gasteiger partial charge on any atom is 0.418 e. The Bertz CT molecular complexity index is 461. The number of hydrogen-bond acceptors (Lipinski definition) is 3. The van der Waals surface area contributed by atoms with Crippen molar-refractivity contribution < 1.29 is 22.7 Å². The van der Waals surface area contributed by atoms with Gasteiger partial charge in [-0.1, -0.05) is 15.9 Å². The van der Waals surface area contributed by atoms with Crippen molar-refractivity contribution in [1.29, 1.82) is 0 Å². The molecule has 7 heteroatoms. The van der Waals surface area contributed by atoms with Crippen LogP contribution in [0.15, 0.2) is 22.7 Å². The summed E-state index contributed by atoms with van der Waals surface area (Å²) in [5, 5.41) is 2.44. The van der Waals surface area contributed by atoms with Crippen LogP contribution in [0, 0.1) is 0 Å². The maximum atomic E-state index is 12.8.